The molecule has 3 heterocycles. The average Bonchev–Trinajstić information content (AvgIpc) is 3.15. The van der Waals surface area contributed by atoms with Gasteiger partial charge in [0, 0.05) is 30.9 Å². The van der Waals surface area contributed by atoms with Gasteiger partial charge in [-0.1, -0.05) is 24.3 Å². The molecule has 1 aromatic heterocycles. The van der Waals surface area contributed by atoms with Gasteiger partial charge in [-0.15, -0.1) is 11.8 Å². The summed E-state index contributed by atoms with van der Waals surface area (Å²) in [4.78, 5) is 15.2. The molecule has 4 nitrogen and oxygen atoms in total. The van der Waals surface area contributed by atoms with Crippen molar-refractivity contribution in [2.75, 3.05) is 18.8 Å². The molecule has 2 aromatic rings. The van der Waals surface area contributed by atoms with Crippen LogP contribution in [0.1, 0.15) is 40.8 Å². The Bertz CT molecular complexity index is 685. The third-order valence-electron chi connectivity index (χ3n) is 4.91. The number of benzene rings is 1. The lowest BCUT2D eigenvalue weighted by atomic mass is 9.94. The molecule has 1 fully saturated rings. The van der Waals surface area contributed by atoms with Crippen molar-refractivity contribution in [2.24, 2.45) is 0 Å². The number of H-pyrrole nitrogens is 1. The summed E-state index contributed by atoms with van der Waals surface area (Å²) in [7, 11) is 0. The number of aromatic amines is 1. The normalized spacial score (nSPS) is 24.3. The van der Waals surface area contributed by atoms with Crippen LogP contribution in [0.25, 0.3) is 0 Å². The second kappa shape index (κ2) is 6.40. The molecule has 1 saturated heterocycles. The van der Waals surface area contributed by atoms with Gasteiger partial charge in [0.2, 0.25) is 5.91 Å². The molecule has 2 aliphatic heterocycles. The number of thioether (sulfide) groups is 1. The number of rotatable bonds is 2. The van der Waals surface area contributed by atoms with Crippen molar-refractivity contribution < 1.29 is 4.79 Å². The smallest absolute Gasteiger partial charge is 0.240 e. The van der Waals surface area contributed by atoms with E-state index < -0.39 is 0 Å². The number of fused-ring (bicyclic) bond motifs is 1. The number of aryl methyl sites for hydroxylation is 1. The first-order valence-electron chi connectivity index (χ1n) is 8.30. The second-order valence-electron chi connectivity index (χ2n) is 6.34. The summed E-state index contributed by atoms with van der Waals surface area (Å²) in [6.07, 6.45) is 5.06. The quantitative estimate of drug-likeness (QED) is 0.922. The summed E-state index contributed by atoms with van der Waals surface area (Å²) in [5, 5.41) is 7.10. The van der Waals surface area contributed by atoms with E-state index in [1.807, 2.05) is 6.07 Å². The van der Waals surface area contributed by atoms with Gasteiger partial charge in [0.15, 0.2) is 0 Å². The van der Waals surface area contributed by atoms with E-state index in [1.165, 1.54) is 11.1 Å². The maximum atomic E-state index is 13.1. The van der Waals surface area contributed by atoms with Crippen molar-refractivity contribution in [1.82, 2.24) is 15.1 Å². The second-order valence-corrected chi connectivity index (χ2v) is 7.55. The van der Waals surface area contributed by atoms with E-state index >= 15 is 0 Å². The summed E-state index contributed by atoms with van der Waals surface area (Å²) >= 11 is 1.79. The van der Waals surface area contributed by atoms with Gasteiger partial charge in [-0.2, -0.15) is 5.10 Å². The number of likely N-dealkylation sites (tertiary alicyclic amines) is 1. The van der Waals surface area contributed by atoms with Gasteiger partial charge in [-0.3, -0.25) is 9.89 Å². The van der Waals surface area contributed by atoms with Crippen LogP contribution in [0.2, 0.25) is 0 Å². The minimum absolute atomic E-state index is 0.0273. The van der Waals surface area contributed by atoms with Crippen LogP contribution in [0.3, 0.4) is 0 Å². The molecule has 0 spiro atoms. The van der Waals surface area contributed by atoms with E-state index in [-0.39, 0.29) is 11.2 Å². The number of piperidine rings is 1. The Kier molecular flexibility index (Phi) is 4.12. The lowest BCUT2D eigenvalue weighted by Crippen LogP contribution is -2.41. The number of hydrogen-bond acceptors (Lipinski definition) is 3. The Morgan fingerprint density at radius 3 is 3.09 bits per heavy atom. The summed E-state index contributed by atoms with van der Waals surface area (Å²) in [5.41, 5.74) is 3.71. The third kappa shape index (κ3) is 2.90. The summed E-state index contributed by atoms with van der Waals surface area (Å²) in [6.45, 7) is 1.68. The lowest BCUT2D eigenvalue weighted by Gasteiger charge is -2.36. The SMILES string of the molecule is O=C([C@@H]1SCCc2ccccc21)N1CCC[C@H](c2ccn[nH]2)C1. The molecule has 2 atom stereocenters. The third-order valence-corrected chi connectivity index (χ3v) is 6.14. The van der Waals surface area contributed by atoms with E-state index in [0.29, 0.717) is 5.92 Å². The molecule has 2 aliphatic rings. The first kappa shape index (κ1) is 14.8. The van der Waals surface area contributed by atoms with Crippen LogP contribution in [0.15, 0.2) is 36.5 Å². The molecule has 23 heavy (non-hydrogen) atoms. The van der Waals surface area contributed by atoms with Crippen molar-refractivity contribution in [3.05, 3.63) is 53.3 Å². The highest BCUT2D eigenvalue weighted by molar-refractivity contribution is 8.00. The van der Waals surface area contributed by atoms with Crippen LogP contribution < -0.4 is 0 Å². The standard InChI is InChI=1S/C18H21N3OS/c22-18(17-15-6-2-1-4-13(15)8-11-23-17)21-10-3-5-14(12-21)16-7-9-19-20-16/h1-2,4,6-7,9,14,17H,3,5,8,10-12H2,(H,19,20)/t14-,17+/m0/s1. The predicted molar refractivity (Wildman–Crippen MR) is 92.5 cm³/mol. The molecule has 1 amide bonds. The van der Waals surface area contributed by atoms with Crippen molar-refractivity contribution in [1.29, 1.82) is 0 Å². The van der Waals surface area contributed by atoms with Gasteiger partial charge < -0.3 is 4.90 Å². The molecule has 1 aromatic carbocycles. The maximum Gasteiger partial charge on any atom is 0.240 e. The largest absolute Gasteiger partial charge is 0.341 e. The monoisotopic (exact) mass is 327 g/mol. The van der Waals surface area contributed by atoms with Gasteiger partial charge in [0.05, 0.1) is 0 Å². The Balaban J connectivity index is 1.53. The Labute approximate surface area is 140 Å². The fourth-order valence-electron chi connectivity index (χ4n) is 3.69. The first-order valence-corrected chi connectivity index (χ1v) is 9.35. The van der Waals surface area contributed by atoms with Gasteiger partial charge >= 0.3 is 0 Å². The number of hydrogen-bond donors (Lipinski definition) is 1. The van der Waals surface area contributed by atoms with Gasteiger partial charge in [-0.05, 0) is 42.2 Å². The number of nitrogens with one attached hydrogen (secondary N) is 1. The van der Waals surface area contributed by atoms with Crippen LogP contribution in [0, 0.1) is 0 Å². The van der Waals surface area contributed by atoms with E-state index in [4.69, 9.17) is 0 Å². The Hall–Kier alpha value is -1.75. The van der Waals surface area contributed by atoms with Gasteiger partial charge in [0.25, 0.3) is 0 Å². The van der Waals surface area contributed by atoms with Crippen LogP contribution >= 0.6 is 11.8 Å². The van der Waals surface area contributed by atoms with Crippen molar-refractivity contribution >= 4 is 17.7 Å². The number of aromatic nitrogens is 2. The maximum absolute atomic E-state index is 13.1. The molecule has 0 aliphatic carbocycles. The molecular formula is C18H21N3OS. The predicted octanol–water partition coefficient (Wildman–Crippen LogP) is 3.15. The summed E-state index contributed by atoms with van der Waals surface area (Å²) < 4.78 is 0. The molecule has 4 rings (SSSR count). The number of carbonyl (C=O) groups excluding carboxylic acids is 1. The number of amides is 1. The van der Waals surface area contributed by atoms with Crippen LogP contribution in [-0.2, 0) is 11.2 Å². The molecule has 120 valence electrons. The van der Waals surface area contributed by atoms with E-state index in [1.54, 1.807) is 18.0 Å². The summed E-state index contributed by atoms with van der Waals surface area (Å²) in [6, 6.07) is 10.4. The molecule has 0 radical (unpaired) electrons. The van der Waals surface area contributed by atoms with Gasteiger partial charge in [0.1, 0.15) is 5.25 Å². The lowest BCUT2D eigenvalue weighted by molar-refractivity contribution is -0.132. The Morgan fingerprint density at radius 2 is 2.22 bits per heavy atom. The average molecular weight is 327 g/mol. The molecule has 5 heteroatoms. The molecular weight excluding hydrogens is 306 g/mol. The Morgan fingerprint density at radius 1 is 1.30 bits per heavy atom. The van der Waals surface area contributed by atoms with Gasteiger partial charge in [-0.25, -0.2) is 0 Å². The van der Waals surface area contributed by atoms with Crippen molar-refractivity contribution in [3.8, 4) is 0 Å². The van der Waals surface area contributed by atoms with Crippen molar-refractivity contribution in [2.45, 2.75) is 30.4 Å². The van der Waals surface area contributed by atoms with E-state index in [2.05, 4.69) is 39.4 Å². The molecule has 0 bridgehead atoms. The zero-order chi connectivity index (χ0) is 15.6. The number of carbonyl (C=O) groups is 1. The zero-order valence-corrected chi connectivity index (χ0v) is 13.9. The van der Waals surface area contributed by atoms with Crippen LogP contribution in [0.5, 0.6) is 0 Å². The first-order chi connectivity index (χ1) is 11.3. The zero-order valence-electron chi connectivity index (χ0n) is 13.1. The minimum Gasteiger partial charge on any atom is -0.341 e. The molecule has 0 unspecified atom stereocenters. The topological polar surface area (TPSA) is 49.0 Å². The van der Waals surface area contributed by atoms with Crippen molar-refractivity contribution in [3.63, 3.8) is 0 Å². The molecule has 0 saturated carbocycles. The number of nitrogens with zero attached hydrogens (tertiary/aromatic N) is 2. The fourth-order valence-corrected chi connectivity index (χ4v) is 4.96. The van der Waals surface area contributed by atoms with E-state index in [9.17, 15) is 4.79 Å². The van der Waals surface area contributed by atoms with Crippen LogP contribution in [0.4, 0.5) is 0 Å². The van der Waals surface area contributed by atoms with Crippen LogP contribution in [-0.4, -0.2) is 39.8 Å². The molecule has 1 N–H and O–H groups in total. The van der Waals surface area contributed by atoms with E-state index in [0.717, 1.165) is 43.8 Å². The highest BCUT2D eigenvalue weighted by atomic mass is 32.2. The highest BCUT2D eigenvalue weighted by Gasteiger charge is 2.33. The highest BCUT2D eigenvalue weighted by Crippen LogP contribution is 2.39. The fraction of sp³-hybridized carbons (Fsp3) is 0.444. The summed E-state index contributed by atoms with van der Waals surface area (Å²) in [5.74, 6) is 1.70. The minimum atomic E-state index is -0.0273.